The highest BCUT2D eigenvalue weighted by Crippen LogP contribution is 2.37. The van der Waals surface area contributed by atoms with Crippen LogP contribution in [0.4, 0.5) is 9.59 Å². The van der Waals surface area contributed by atoms with Crippen LogP contribution in [0, 0.1) is 0 Å². The monoisotopic (exact) mass is 528 g/mol. The number of alkyl carbamates (subject to hydrolysis) is 1. The third-order valence-electron chi connectivity index (χ3n) is 6.19. The average Bonchev–Trinajstić information content (AvgIpc) is 2.79. The zero-order valence-corrected chi connectivity index (χ0v) is 24.6. The van der Waals surface area contributed by atoms with Crippen LogP contribution in [0.25, 0.3) is 0 Å². The number of ether oxygens (including phenoxy) is 1. The summed E-state index contributed by atoms with van der Waals surface area (Å²) < 4.78 is 12.7. The van der Waals surface area contributed by atoms with Crippen molar-refractivity contribution in [3.8, 4) is 0 Å². The molecule has 0 aliphatic rings. The summed E-state index contributed by atoms with van der Waals surface area (Å²) in [5.41, 5.74) is -0.629. The first-order chi connectivity index (χ1) is 17.2. The van der Waals surface area contributed by atoms with Gasteiger partial charge in [0.25, 0.3) is 8.32 Å². The molecule has 0 fully saturated rings. The first-order valence-electron chi connectivity index (χ1n) is 12.9. The van der Waals surface area contributed by atoms with Crippen molar-refractivity contribution in [2.24, 2.45) is 0 Å². The van der Waals surface area contributed by atoms with Crippen molar-refractivity contribution in [3.63, 3.8) is 0 Å². The highest BCUT2D eigenvalue weighted by atomic mass is 28.4. The molecule has 0 heterocycles. The topological polar surface area (TPSA) is 88.1 Å². The van der Waals surface area contributed by atoms with Gasteiger partial charge < -0.3 is 24.5 Å². The molecule has 37 heavy (non-hydrogen) atoms. The maximum Gasteiger partial charge on any atom is 0.407 e. The molecule has 0 spiro atoms. The number of nitrogens with zero attached hydrogens (tertiary/aromatic N) is 1. The van der Waals surface area contributed by atoms with Gasteiger partial charge in [0.2, 0.25) is 0 Å². The Kier molecular flexibility index (Phi) is 10.3. The molecular weight excluding hydrogens is 484 g/mol. The van der Waals surface area contributed by atoms with E-state index in [1.807, 2.05) is 71.0 Å². The van der Waals surface area contributed by atoms with Crippen molar-refractivity contribution >= 4 is 30.9 Å². The summed E-state index contributed by atoms with van der Waals surface area (Å²) in [5, 5.41) is 14.6. The van der Waals surface area contributed by atoms with Crippen LogP contribution >= 0.6 is 0 Å². The summed E-state index contributed by atoms with van der Waals surface area (Å²) in [5.74, 6) is 0. The fraction of sp³-hybridized carbons (Fsp3) is 0.517. The molecule has 2 amide bonds. The van der Waals surface area contributed by atoms with Crippen molar-refractivity contribution in [2.45, 2.75) is 84.6 Å². The van der Waals surface area contributed by atoms with E-state index in [2.05, 4.69) is 50.4 Å². The van der Waals surface area contributed by atoms with Gasteiger partial charge in [-0.25, -0.2) is 9.59 Å². The Hall–Kier alpha value is -2.84. The van der Waals surface area contributed by atoms with Crippen LogP contribution in [0.15, 0.2) is 60.7 Å². The standard InChI is InChI=1S/C29H44N2O5Si/c1-22(2)31(27(33)34)20-19-23(21-30-26(32)35-28(3,4)5)36-37(29(6,7)8,24-15-11-9-12-16-24)25-17-13-10-14-18-25/h9-18,22-23H,19-21H2,1-8H3,(H,30,32)(H,33,34)/t23-/m0/s1. The predicted molar refractivity (Wildman–Crippen MR) is 151 cm³/mol. The third-order valence-corrected chi connectivity index (χ3v) is 11.3. The molecule has 0 aromatic heterocycles. The van der Waals surface area contributed by atoms with Crippen LogP contribution in [0.2, 0.25) is 5.04 Å². The van der Waals surface area contributed by atoms with Gasteiger partial charge >= 0.3 is 12.2 Å². The maximum absolute atomic E-state index is 12.5. The van der Waals surface area contributed by atoms with Crippen LogP contribution in [-0.4, -0.2) is 61.3 Å². The molecule has 0 aliphatic heterocycles. The SMILES string of the molecule is CC(C)N(CC[C@@H](CNC(=O)OC(C)(C)C)O[Si](c1ccccc1)(c1ccccc1)C(C)(C)C)C(=O)O. The second-order valence-electron chi connectivity index (χ2n) is 11.6. The molecule has 2 rings (SSSR count). The molecule has 204 valence electrons. The van der Waals surface area contributed by atoms with Gasteiger partial charge in [-0.05, 0) is 56.5 Å². The number of carbonyl (C=O) groups excluding carboxylic acids is 1. The lowest BCUT2D eigenvalue weighted by molar-refractivity contribution is 0.0487. The number of benzene rings is 2. The minimum Gasteiger partial charge on any atom is -0.465 e. The summed E-state index contributed by atoms with van der Waals surface area (Å²) >= 11 is 0. The zero-order chi connectivity index (χ0) is 27.9. The van der Waals surface area contributed by atoms with Gasteiger partial charge in [0.1, 0.15) is 5.60 Å². The number of carbonyl (C=O) groups is 2. The van der Waals surface area contributed by atoms with Gasteiger partial charge in [-0.2, -0.15) is 0 Å². The molecule has 0 bridgehead atoms. The number of nitrogens with one attached hydrogen (secondary N) is 1. The fourth-order valence-electron chi connectivity index (χ4n) is 4.51. The first kappa shape index (κ1) is 30.4. The molecule has 2 N–H and O–H groups in total. The highest BCUT2D eigenvalue weighted by molar-refractivity contribution is 6.99. The Bertz CT molecular complexity index is 961. The van der Waals surface area contributed by atoms with Gasteiger partial charge in [-0.3, -0.25) is 0 Å². The molecule has 1 atom stereocenters. The van der Waals surface area contributed by atoms with Crippen molar-refractivity contribution in [1.29, 1.82) is 0 Å². The minimum atomic E-state index is -2.92. The molecule has 8 heteroatoms. The Labute approximate surface area is 223 Å². The van der Waals surface area contributed by atoms with E-state index in [0.29, 0.717) is 6.42 Å². The smallest absolute Gasteiger partial charge is 0.407 e. The molecular formula is C29H44N2O5Si. The third kappa shape index (κ3) is 8.33. The number of amides is 2. The van der Waals surface area contributed by atoms with Crippen LogP contribution in [-0.2, 0) is 9.16 Å². The van der Waals surface area contributed by atoms with E-state index in [9.17, 15) is 14.7 Å². The van der Waals surface area contributed by atoms with E-state index in [4.69, 9.17) is 9.16 Å². The van der Waals surface area contributed by atoms with Gasteiger partial charge in [-0.15, -0.1) is 0 Å². The molecule has 2 aromatic carbocycles. The molecule has 7 nitrogen and oxygen atoms in total. The Balaban J connectivity index is 2.52. The average molecular weight is 529 g/mol. The van der Waals surface area contributed by atoms with Gasteiger partial charge in [0, 0.05) is 19.1 Å². The van der Waals surface area contributed by atoms with Gasteiger partial charge in [0.15, 0.2) is 0 Å². The normalized spacial score (nSPS) is 13.2. The fourth-order valence-corrected chi connectivity index (χ4v) is 9.23. The summed E-state index contributed by atoms with van der Waals surface area (Å²) in [7, 11) is -2.92. The van der Waals surface area contributed by atoms with Crippen molar-refractivity contribution in [1.82, 2.24) is 10.2 Å². The Morgan fingerprint density at radius 1 is 0.919 bits per heavy atom. The quantitative estimate of drug-likeness (QED) is 0.412. The minimum absolute atomic E-state index is 0.176. The van der Waals surface area contributed by atoms with Crippen LogP contribution in [0.1, 0.15) is 61.8 Å². The van der Waals surface area contributed by atoms with Crippen LogP contribution in [0.3, 0.4) is 0 Å². The number of rotatable bonds is 10. The lowest BCUT2D eigenvalue weighted by Gasteiger charge is -2.45. The van der Waals surface area contributed by atoms with E-state index in [1.165, 1.54) is 4.90 Å². The highest BCUT2D eigenvalue weighted by Gasteiger charge is 2.51. The molecule has 0 unspecified atom stereocenters. The zero-order valence-electron chi connectivity index (χ0n) is 23.6. The number of carboxylic acid groups (broad SMARTS) is 1. The first-order valence-corrected chi connectivity index (χ1v) is 14.8. The van der Waals surface area contributed by atoms with Crippen molar-refractivity contribution < 1.29 is 23.9 Å². The second-order valence-corrected chi connectivity index (χ2v) is 15.9. The Morgan fingerprint density at radius 2 is 1.41 bits per heavy atom. The number of hydrogen-bond acceptors (Lipinski definition) is 4. The molecule has 0 saturated heterocycles. The van der Waals surface area contributed by atoms with E-state index >= 15 is 0 Å². The lowest BCUT2D eigenvalue weighted by Crippen LogP contribution is -2.68. The molecule has 0 aliphatic carbocycles. The van der Waals surface area contributed by atoms with E-state index in [0.717, 1.165) is 10.4 Å². The van der Waals surface area contributed by atoms with Crippen molar-refractivity contribution in [3.05, 3.63) is 60.7 Å². The second kappa shape index (κ2) is 12.6. The molecule has 0 saturated carbocycles. The van der Waals surface area contributed by atoms with E-state index in [1.54, 1.807) is 0 Å². The summed E-state index contributed by atoms with van der Waals surface area (Å²) in [6, 6.07) is 20.3. The summed E-state index contributed by atoms with van der Waals surface area (Å²) in [4.78, 5) is 25.8. The summed E-state index contributed by atoms with van der Waals surface area (Å²) in [6.07, 6.45) is -1.52. The largest absolute Gasteiger partial charge is 0.465 e. The van der Waals surface area contributed by atoms with Gasteiger partial charge in [-0.1, -0.05) is 81.4 Å². The predicted octanol–water partition coefficient (Wildman–Crippen LogP) is 5.23. The van der Waals surface area contributed by atoms with Crippen LogP contribution < -0.4 is 15.7 Å². The Morgan fingerprint density at radius 3 is 1.78 bits per heavy atom. The van der Waals surface area contributed by atoms with E-state index < -0.39 is 32.2 Å². The molecule has 0 radical (unpaired) electrons. The molecule has 2 aromatic rings. The van der Waals surface area contributed by atoms with Crippen LogP contribution in [0.5, 0.6) is 0 Å². The maximum atomic E-state index is 12.5. The lowest BCUT2D eigenvalue weighted by atomic mass is 10.2. The van der Waals surface area contributed by atoms with E-state index in [-0.39, 0.29) is 24.2 Å². The number of hydrogen-bond donors (Lipinski definition) is 2. The van der Waals surface area contributed by atoms with Gasteiger partial charge in [0.05, 0.1) is 6.10 Å². The summed E-state index contributed by atoms with van der Waals surface area (Å²) in [6.45, 7) is 16.2. The van der Waals surface area contributed by atoms with Crippen molar-refractivity contribution in [2.75, 3.05) is 13.1 Å².